The predicted octanol–water partition coefficient (Wildman–Crippen LogP) is 4.49. The minimum atomic E-state index is 0. The highest BCUT2D eigenvalue weighted by molar-refractivity contribution is 8.00. The lowest BCUT2D eigenvalue weighted by molar-refractivity contribution is 0.176. The van der Waals surface area contributed by atoms with Crippen LogP contribution in [0.3, 0.4) is 0 Å². The Morgan fingerprint density at radius 1 is 1.27 bits per heavy atom. The van der Waals surface area contributed by atoms with Crippen LogP contribution in [0.4, 0.5) is 0 Å². The summed E-state index contributed by atoms with van der Waals surface area (Å²) in [7, 11) is 4.15. The quantitative estimate of drug-likeness (QED) is 0.749. The van der Waals surface area contributed by atoms with Crippen molar-refractivity contribution in [2.75, 3.05) is 33.0 Å². The van der Waals surface area contributed by atoms with Crippen LogP contribution in [0.1, 0.15) is 24.8 Å². The van der Waals surface area contributed by atoms with Gasteiger partial charge < -0.3 is 10.0 Å². The largest absolute Gasteiger partial charge is 0.395 e. The minimum absolute atomic E-state index is 0. The molecule has 0 bridgehead atoms. The minimum Gasteiger partial charge on any atom is -0.395 e. The van der Waals surface area contributed by atoms with Crippen LogP contribution in [0, 0.1) is 0 Å². The molecule has 1 fully saturated rings. The lowest BCUT2D eigenvalue weighted by atomic mass is 9.62. The average Bonchev–Trinajstić information content (AvgIpc) is 2.39. The van der Waals surface area contributed by atoms with Crippen molar-refractivity contribution in [1.29, 1.82) is 0 Å². The summed E-state index contributed by atoms with van der Waals surface area (Å²) in [5.41, 5.74) is 1.28. The molecule has 1 unspecified atom stereocenters. The zero-order chi connectivity index (χ0) is 15.5. The first kappa shape index (κ1) is 20.4. The molecule has 0 heterocycles. The lowest BCUT2D eigenvalue weighted by Crippen LogP contribution is -2.46. The van der Waals surface area contributed by atoms with Gasteiger partial charge in [0, 0.05) is 23.0 Å². The Morgan fingerprint density at radius 2 is 1.95 bits per heavy atom. The molecular formula is C16H24Cl3NOS. The van der Waals surface area contributed by atoms with E-state index in [4.69, 9.17) is 23.2 Å². The molecule has 1 aliphatic carbocycles. The molecule has 0 saturated heterocycles. The summed E-state index contributed by atoms with van der Waals surface area (Å²) < 4.78 is 0. The summed E-state index contributed by atoms with van der Waals surface area (Å²) in [5, 5.41) is 11.3. The van der Waals surface area contributed by atoms with Crippen molar-refractivity contribution in [2.24, 2.45) is 0 Å². The summed E-state index contributed by atoms with van der Waals surface area (Å²) in [4.78, 5) is 2.17. The Morgan fingerprint density at radius 3 is 2.41 bits per heavy atom. The Balaban J connectivity index is 0.00000242. The molecule has 22 heavy (non-hydrogen) atoms. The van der Waals surface area contributed by atoms with Gasteiger partial charge in [-0.05, 0) is 44.6 Å². The molecule has 126 valence electrons. The van der Waals surface area contributed by atoms with Gasteiger partial charge in [0.1, 0.15) is 0 Å². The third-order valence-corrected chi connectivity index (χ3v) is 6.54. The third-order valence-electron chi connectivity index (χ3n) is 4.38. The Labute approximate surface area is 154 Å². The summed E-state index contributed by atoms with van der Waals surface area (Å²) in [6.45, 7) is 1.23. The van der Waals surface area contributed by atoms with Gasteiger partial charge in [0.05, 0.1) is 16.7 Å². The fourth-order valence-corrected chi connectivity index (χ4v) is 4.77. The fourth-order valence-electron chi connectivity index (χ4n) is 2.92. The number of hydrogen-bond acceptors (Lipinski definition) is 3. The molecule has 1 N–H and O–H groups in total. The van der Waals surface area contributed by atoms with Crippen molar-refractivity contribution < 1.29 is 5.11 Å². The maximum Gasteiger partial charge on any atom is 0.0595 e. The molecule has 0 aliphatic heterocycles. The van der Waals surface area contributed by atoms with E-state index in [-0.39, 0.29) is 29.7 Å². The number of aliphatic hydroxyl groups is 1. The Hall–Kier alpha value is 0.360. The number of rotatable bonds is 7. The van der Waals surface area contributed by atoms with Crippen LogP contribution in [0.5, 0.6) is 0 Å². The van der Waals surface area contributed by atoms with Crippen molar-refractivity contribution in [3.05, 3.63) is 33.8 Å². The molecule has 6 heteroatoms. The van der Waals surface area contributed by atoms with E-state index in [1.54, 1.807) is 0 Å². The third kappa shape index (κ3) is 4.46. The highest BCUT2D eigenvalue weighted by Crippen LogP contribution is 2.51. The van der Waals surface area contributed by atoms with Crippen molar-refractivity contribution >= 4 is 47.4 Å². The maximum atomic E-state index is 9.88. The average molecular weight is 385 g/mol. The predicted molar refractivity (Wildman–Crippen MR) is 101 cm³/mol. The molecule has 1 aromatic rings. The highest BCUT2D eigenvalue weighted by atomic mass is 35.5. The number of hydrogen-bond donors (Lipinski definition) is 1. The van der Waals surface area contributed by atoms with Crippen LogP contribution in [0.25, 0.3) is 0 Å². The lowest BCUT2D eigenvalue weighted by Gasteiger charge is -2.47. The maximum absolute atomic E-state index is 9.88. The van der Waals surface area contributed by atoms with E-state index in [2.05, 4.69) is 25.1 Å². The van der Waals surface area contributed by atoms with Gasteiger partial charge in [0.2, 0.25) is 0 Å². The number of aliphatic hydroxyl groups excluding tert-OH is 1. The topological polar surface area (TPSA) is 23.5 Å². The highest BCUT2D eigenvalue weighted by Gasteiger charge is 2.45. The Kier molecular flexibility index (Phi) is 8.35. The van der Waals surface area contributed by atoms with Crippen LogP contribution in [0.2, 0.25) is 10.0 Å². The monoisotopic (exact) mass is 383 g/mol. The summed E-state index contributed by atoms with van der Waals surface area (Å²) in [5.74, 6) is 1.03. The van der Waals surface area contributed by atoms with Crippen LogP contribution < -0.4 is 0 Å². The van der Waals surface area contributed by atoms with Gasteiger partial charge in [-0.1, -0.05) is 35.7 Å². The van der Waals surface area contributed by atoms with Crippen LogP contribution in [-0.4, -0.2) is 48.3 Å². The smallest absolute Gasteiger partial charge is 0.0595 e. The molecule has 2 nitrogen and oxygen atoms in total. The SMILES string of the molecule is CN(C)CCSC(CO)C1(c2ccc(Cl)c(Cl)c2)CCC1.Cl. The summed E-state index contributed by atoms with van der Waals surface area (Å²) in [6, 6.07) is 5.93. The van der Waals surface area contributed by atoms with Crippen molar-refractivity contribution in [1.82, 2.24) is 4.90 Å². The standard InChI is InChI=1S/C16H23Cl2NOS.ClH/c1-19(2)8-9-21-15(11-20)16(6-3-7-16)12-4-5-13(17)14(18)10-12;/h4-5,10,15,20H,3,6-9,11H2,1-2H3;1H. The van der Waals surface area contributed by atoms with Gasteiger partial charge in [0.25, 0.3) is 0 Å². The van der Waals surface area contributed by atoms with Gasteiger partial charge in [-0.25, -0.2) is 0 Å². The normalized spacial score (nSPS) is 17.7. The van der Waals surface area contributed by atoms with Crippen LogP contribution in [0.15, 0.2) is 18.2 Å². The number of benzene rings is 1. The molecule has 0 radical (unpaired) electrons. The van der Waals surface area contributed by atoms with Crippen LogP contribution >= 0.6 is 47.4 Å². The second kappa shape index (κ2) is 9.00. The van der Waals surface area contributed by atoms with E-state index in [1.807, 2.05) is 23.9 Å². The molecular weight excluding hydrogens is 361 g/mol. The molecule has 0 amide bonds. The zero-order valence-corrected chi connectivity index (χ0v) is 16.2. The van der Waals surface area contributed by atoms with E-state index in [1.165, 1.54) is 12.0 Å². The molecule has 1 atom stereocenters. The van der Waals surface area contributed by atoms with Gasteiger partial charge in [-0.15, -0.1) is 12.4 Å². The second-order valence-corrected chi connectivity index (χ2v) is 8.11. The van der Waals surface area contributed by atoms with E-state index in [0.29, 0.717) is 10.0 Å². The van der Waals surface area contributed by atoms with Gasteiger partial charge >= 0.3 is 0 Å². The number of nitrogens with zero attached hydrogens (tertiary/aromatic N) is 1. The molecule has 1 aromatic carbocycles. The summed E-state index contributed by atoms with van der Waals surface area (Å²) >= 11 is 14.1. The van der Waals surface area contributed by atoms with E-state index in [9.17, 15) is 5.11 Å². The first-order chi connectivity index (χ1) is 9.99. The summed E-state index contributed by atoms with van der Waals surface area (Å²) in [6.07, 6.45) is 3.45. The number of thioether (sulfide) groups is 1. The van der Waals surface area contributed by atoms with E-state index < -0.39 is 0 Å². The van der Waals surface area contributed by atoms with Gasteiger partial charge in [0.15, 0.2) is 0 Å². The van der Waals surface area contributed by atoms with Gasteiger partial charge in [-0.3, -0.25) is 0 Å². The molecule has 1 saturated carbocycles. The first-order valence-electron chi connectivity index (χ1n) is 7.32. The number of halogens is 3. The van der Waals surface area contributed by atoms with Crippen molar-refractivity contribution in [3.63, 3.8) is 0 Å². The van der Waals surface area contributed by atoms with Crippen LogP contribution in [-0.2, 0) is 5.41 Å². The van der Waals surface area contributed by atoms with E-state index in [0.717, 1.165) is 25.1 Å². The molecule has 0 spiro atoms. The van der Waals surface area contributed by atoms with Crippen molar-refractivity contribution in [2.45, 2.75) is 29.9 Å². The molecule has 0 aromatic heterocycles. The zero-order valence-electron chi connectivity index (χ0n) is 13.0. The van der Waals surface area contributed by atoms with E-state index >= 15 is 0 Å². The first-order valence-corrected chi connectivity index (χ1v) is 9.13. The molecule has 2 rings (SSSR count). The molecule has 1 aliphatic rings. The Bertz CT molecular complexity index is 480. The fraction of sp³-hybridized carbons (Fsp3) is 0.625. The van der Waals surface area contributed by atoms with Crippen molar-refractivity contribution in [3.8, 4) is 0 Å². The van der Waals surface area contributed by atoms with Gasteiger partial charge in [-0.2, -0.15) is 11.8 Å². The second-order valence-electron chi connectivity index (χ2n) is 5.98.